The van der Waals surface area contributed by atoms with Gasteiger partial charge in [0.15, 0.2) is 5.78 Å². The zero-order valence-corrected chi connectivity index (χ0v) is 12.5. The Kier molecular flexibility index (Phi) is 4.47. The Morgan fingerprint density at radius 3 is 2.14 bits per heavy atom. The van der Waals surface area contributed by atoms with Gasteiger partial charge in [-0.1, -0.05) is 15.9 Å². The smallest absolute Gasteiger partial charge is 0.213 e. The van der Waals surface area contributed by atoms with E-state index in [4.69, 9.17) is 0 Å². The van der Waals surface area contributed by atoms with Crippen LogP contribution in [0, 0.1) is 11.6 Å². The van der Waals surface area contributed by atoms with E-state index in [1.807, 2.05) is 0 Å². The van der Waals surface area contributed by atoms with Crippen molar-refractivity contribution in [1.82, 2.24) is 0 Å². The van der Waals surface area contributed by atoms with Crippen LogP contribution >= 0.6 is 15.9 Å². The summed E-state index contributed by atoms with van der Waals surface area (Å²) in [5.74, 6) is -2.61. The van der Waals surface area contributed by atoms with E-state index in [1.165, 1.54) is 29.2 Å². The van der Waals surface area contributed by atoms with Crippen molar-refractivity contribution in [1.29, 1.82) is 0 Å². The molecule has 3 nitrogen and oxygen atoms in total. The SMILES string of the molecule is CN(C=O)c1ccc(C(=O)c2c(F)cc(Br)cc2F)cc1. The Labute approximate surface area is 128 Å². The normalized spacial score (nSPS) is 10.3. The van der Waals surface area contributed by atoms with Crippen molar-refractivity contribution in [2.75, 3.05) is 11.9 Å². The van der Waals surface area contributed by atoms with Gasteiger partial charge in [-0.25, -0.2) is 8.78 Å². The Bertz CT molecular complexity index is 678. The molecule has 0 radical (unpaired) electrons. The monoisotopic (exact) mass is 353 g/mol. The van der Waals surface area contributed by atoms with Crippen LogP contribution in [0.2, 0.25) is 0 Å². The minimum atomic E-state index is -0.930. The van der Waals surface area contributed by atoms with Gasteiger partial charge in [0, 0.05) is 22.8 Å². The van der Waals surface area contributed by atoms with E-state index in [0.29, 0.717) is 12.1 Å². The third-order valence-electron chi connectivity index (χ3n) is 2.93. The Morgan fingerprint density at radius 1 is 1.14 bits per heavy atom. The molecule has 108 valence electrons. The van der Waals surface area contributed by atoms with E-state index < -0.39 is 23.0 Å². The fourth-order valence-corrected chi connectivity index (χ4v) is 2.21. The Morgan fingerprint density at radius 2 is 1.67 bits per heavy atom. The summed E-state index contributed by atoms with van der Waals surface area (Å²) in [6.45, 7) is 0. The largest absolute Gasteiger partial charge is 0.318 e. The standard InChI is InChI=1S/C15H10BrF2NO2/c1-19(8-20)11-4-2-9(3-5-11)15(21)14-12(17)6-10(16)7-13(14)18/h2-8H,1H3. The number of halogens is 3. The predicted molar refractivity (Wildman–Crippen MR) is 78.4 cm³/mol. The molecule has 2 aromatic carbocycles. The molecule has 0 fully saturated rings. The van der Waals surface area contributed by atoms with Gasteiger partial charge in [-0.2, -0.15) is 0 Å². The molecule has 0 unspecified atom stereocenters. The predicted octanol–water partition coefficient (Wildman–Crippen LogP) is 3.55. The van der Waals surface area contributed by atoms with Crippen LogP contribution < -0.4 is 4.90 Å². The van der Waals surface area contributed by atoms with Gasteiger partial charge < -0.3 is 4.90 Å². The van der Waals surface area contributed by atoms with Crippen molar-refractivity contribution in [3.8, 4) is 0 Å². The molecule has 0 spiro atoms. The maximum Gasteiger partial charge on any atom is 0.213 e. The number of carbonyl (C=O) groups excluding carboxylic acids is 2. The van der Waals surface area contributed by atoms with Crippen molar-refractivity contribution in [2.45, 2.75) is 0 Å². The van der Waals surface area contributed by atoms with Crippen LogP contribution in [0.1, 0.15) is 15.9 Å². The third-order valence-corrected chi connectivity index (χ3v) is 3.39. The molecule has 21 heavy (non-hydrogen) atoms. The molecular weight excluding hydrogens is 344 g/mol. The quantitative estimate of drug-likeness (QED) is 0.622. The van der Waals surface area contributed by atoms with Gasteiger partial charge in [0.05, 0.1) is 5.56 Å². The molecule has 0 N–H and O–H groups in total. The lowest BCUT2D eigenvalue weighted by Crippen LogP contribution is -2.14. The molecule has 0 aliphatic rings. The summed E-state index contributed by atoms with van der Waals surface area (Å²) in [7, 11) is 1.55. The number of amides is 1. The van der Waals surface area contributed by atoms with Crippen LogP contribution in [0.5, 0.6) is 0 Å². The summed E-state index contributed by atoms with van der Waals surface area (Å²) in [5, 5.41) is 0. The molecule has 0 heterocycles. The molecule has 1 amide bonds. The number of benzene rings is 2. The van der Waals surface area contributed by atoms with Gasteiger partial charge in [0.2, 0.25) is 6.41 Å². The highest BCUT2D eigenvalue weighted by Gasteiger charge is 2.20. The number of rotatable bonds is 4. The summed E-state index contributed by atoms with van der Waals surface area (Å²) in [4.78, 5) is 24.1. The molecule has 0 bridgehead atoms. The van der Waals surface area contributed by atoms with E-state index in [-0.39, 0.29) is 10.0 Å². The summed E-state index contributed by atoms with van der Waals surface area (Å²) in [5.41, 5.74) is 0.103. The Hall–Kier alpha value is -2.08. The molecule has 0 saturated carbocycles. The number of hydrogen-bond acceptors (Lipinski definition) is 2. The van der Waals surface area contributed by atoms with E-state index >= 15 is 0 Å². The van der Waals surface area contributed by atoms with Crippen molar-refractivity contribution in [3.63, 3.8) is 0 Å². The zero-order valence-electron chi connectivity index (χ0n) is 10.9. The summed E-state index contributed by atoms with van der Waals surface area (Å²) in [6, 6.07) is 7.94. The van der Waals surface area contributed by atoms with Gasteiger partial charge >= 0.3 is 0 Å². The lowest BCUT2D eigenvalue weighted by Gasteiger charge is -2.11. The molecule has 6 heteroatoms. The van der Waals surface area contributed by atoms with Crippen LogP contribution in [0.15, 0.2) is 40.9 Å². The second kappa shape index (κ2) is 6.13. The number of anilines is 1. The molecule has 2 rings (SSSR count). The maximum atomic E-state index is 13.8. The first-order valence-corrected chi connectivity index (χ1v) is 6.70. The minimum absolute atomic E-state index is 0.137. The minimum Gasteiger partial charge on any atom is -0.318 e. The van der Waals surface area contributed by atoms with E-state index in [1.54, 1.807) is 7.05 Å². The van der Waals surface area contributed by atoms with Crippen molar-refractivity contribution >= 4 is 33.8 Å². The zero-order chi connectivity index (χ0) is 15.6. The molecule has 0 aromatic heterocycles. The highest BCUT2D eigenvalue weighted by atomic mass is 79.9. The highest BCUT2D eigenvalue weighted by Crippen LogP contribution is 2.23. The Balaban J connectivity index is 2.39. The molecule has 0 saturated heterocycles. The topological polar surface area (TPSA) is 37.4 Å². The maximum absolute atomic E-state index is 13.8. The first kappa shape index (κ1) is 15.3. The summed E-state index contributed by atoms with van der Waals surface area (Å²) < 4.78 is 27.7. The van der Waals surface area contributed by atoms with Crippen molar-refractivity contribution in [2.24, 2.45) is 0 Å². The summed E-state index contributed by atoms with van der Waals surface area (Å²) in [6.07, 6.45) is 0.616. The summed E-state index contributed by atoms with van der Waals surface area (Å²) >= 11 is 2.96. The molecule has 0 aliphatic heterocycles. The fraction of sp³-hybridized carbons (Fsp3) is 0.0667. The van der Waals surface area contributed by atoms with Gasteiger partial charge in [0.1, 0.15) is 11.6 Å². The van der Waals surface area contributed by atoms with Gasteiger partial charge in [-0.3, -0.25) is 9.59 Å². The molecule has 0 aliphatic carbocycles. The van der Waals surface area contributed by atoms with Gasteiger partial charge in [-0.05, 0) is 36.4 Å². The average Bonchev–Trinajstić information content (AvgIpc) is 2.45. The molecule has 0 atom stereocenters. The number of carbonyl (C=O) groups is 2. The van der Waals surface area contributed by atoms with Crippen LogP contribution in [0.4, 0.5) is 14.5 Å². The van der Waals surface area contributed by atoms with E-state index in [0.717, 1.165) is 12.1 Å². The number of nitrogens with zero attached hydrogens (tertiary/aromatic N) is 1. The van der Waals surface area contributed by atoms with Crippen LogP contribution in [0.3, 0.4) is 0 Å². The van der Waals surface area contributed by atoms with Gasteiger partial charge in [-0.15, -0.1) is 0 Å². The van der Waals surface area contributed by atoms with E-state index in [9.17, 15) is 18.4 Å². The lowest BCUT2D eigenvalue weighted by atomic mass is 10.0. The molecular formula is C15H10BrF2NO2. The second-order valence-corrected chi connectivity index (χ2v) is 5.25. The third kappa shape index (κ3) is 3.16. The fourth-order valence-electron chi connectivity index (χ4n) is 1.81. The molecule has 2 aromatic rings. The lowest BCUT2D eigenvalue weighted by molar-refractivity contribution is -0.107. The van der Waals surface area contributed by atoms with Crippen LogP contribution in [0.25, 0.3) is 0 Å². The van der Waals surface area contributed by atoms with Gasteiger partial charge in [0.25, 0.3) is 0 Å². The average molecular weight is 354 g/mol. The van der Waals surface area contributed by atoms with Crippen molar-refractivity contribution < 1.29 is 18.4 Å². The van der Waals surface area contributed by atoms with Crippen molar-refractivity contribution in [3.05, 3.63) is 63.6 Å². The first-order chi connectivity index (χ1) is 9.93. The number of ketones is 1. The van der Waals surface area contributed by atoms with Crippen LogP contribution in [-0.4, -0.2) is 19.2 Å². The highest BCUT2D eigenvalue weighted by molar-refractivity contribution is 9.10. The first-order valence-electron chi connectivity index (χ1n) is 5.91. The van der Waals surface area contributed by atoms with E-state index in [2.05, 4.69) is 15.9 Å². The second-order valence-electron chi connectivity index (χ2n) is 4.34. The van der Waals surface area contributed by atoms with Crippen LogP contribution in [-0.2, 0) is 4.79 Å². The number of hydrogen-bond donors (Lipinski definition) is 0.